The number of hydrogen-bond donors (Lipinski definition) is 0. The highest BCUT2D eigenvalue weighted by Gasteiger charge is 2.48. The van der Waals surface area contributed by atoms with Crippen LogP contribution in [0.5, 0.6) is 0 Å². The van der Waals surface area contributed by atoms with E-state index in [0.717, 1.165) is 24.7 Å². The molecule has 0 saturated carbocycles. The van der Waals surface area contributed by atoms with E-state index in [0.29, 0.717) is 19.4 Å². The summed E-state index contributed by atoms with van der Waals surface area (Å²) in [4.78, 5) is 28.6. The Morgan fingerprint density at radius 1 is 1.05 bits per heavy atom. The van der Waals surface area contributed by atoms with Crippen LogP contribution in [0, 0.1) is 11.8 Å². The molecule has 2 saturated heterocycles. The van der Waals surface area contributed by atoms with Gasteiger partial charge in [-0.15, -0.1) is 0 Å². The van der Waals surface area contributed by atoms with Crippen molar-refractivity contribution in [2.75, 3.05) is 26.2 Å². The zero-order valence-electron chi connectivity index (χ0n) is 11.7. The second-order valence-corrected chi connectivity index (χ2v) is 6.52. The van der Waals surface area contributed by atoms with E-state index in [1.54, 1.807) is 0 Å². The Kier molecular flexibility index (Phi) is 4.13. The summed E-state index contributed by atoms with van der Waals surface area (Å²) in [6, 6.07) is 0. The number of allylic oxidation sites excluding steroid dienone is 2. The average molecular weight is 297 g/mol. The van der Waals surface area contributed by atoms with Gasteiger partial charge in [-0.25, -0.2) is 0 Å². The highest BCUT2D eigenvalue weighted by molar-refractivity contribution is 6.30. The molecule has 20 heavy (non-hydrogen) atoms. The van der Waals surface area contributed by atoms with E-state index < -0.39 is 0 Å². The summed E-state index contributed by atoms with van der Waals surface area (Å²) in [6.07, 6.45) is 6.80. The molecule has 0 N–H and O–H groups in total. The van der Waals surface area contributed by atoms with Crippen molar-refractivity contribution < 1.29 is 9.59 Å². The molecule has 0 spiro atoms. The maximum Gasteiger partial charge on any atom is 0.233 e. The van der Waals surface area contributed by atoms with Crippen molar-refractivity contribution >= 4 is 23.4 Å². The lowest BCUT2D eigenvalue weighted by atomic mass is 9.85. The minimum absolute atomic E-state index is 0.0109. The monoisotopic (exact) mass is 296 g/mol. The van der Waals surface area contributed by atoms with Crippen LogP contribution in [0.4, 0.5) is 0 Å². The lowest BCUT2D eigenvalue weighted by Gasteiger charge is -2.28. The Labute approximate surface area is 124 Å². The zero-order chi connectivity index (χ0) is 14.1. The first kappa shape index (κ1) is 14.1. The molecule has 5 heteroatoms. The first-order chi connectivity index (χ1) is 9.66. The molecule has 2 fully saturated rings. The standard InChI is InChI=1S/C15H21ClN2O2/c16-11-4-5-12-13(10-11)15(20)18(14(12)19)9-8-17-6-2-1-3-7-17/h4,12-13H,1-3,5-10H2/t12-,13+/m1/s1. The van der Waals surface area contributed by atoms with Crippen LogP contribution < -0.4 is 0 Å². The number of carbonyl (C=O) groups excluding carboxylic acids is 2. The highest BCUT2D eigenvalue weighted by atomic mass is 35.5. The molecule has 0 bridgehead atoms. The summed E-state index contributed by atoms with van der Waals surface area (Å²) in [6.45, 7) is 3.55. The van der Waals surface area contributed by atoms with Crippen molar-refractivity contribution in [3.63, 3.8) is 0 Å². The summed E-state index contributed by atoms with van der Waals surface area (Å²) in [7, 11) is 0. The molecule has 4 nitrogen and oxygen atoms in total. The van der Waals surface area contributed by atoms with Crippen LogP contribution >= 0.6 is 11.6 Å². The van der Waals surface area contributed by atoms with Crippen molar-refractivity contribution in [3.8, 4) is 0 Å². The van der Waals surface area contributed by atoms with Gasteiger partial charge in [0.2, 0.25) is 11.8 Å². The van der Waals surface area contributed by atoms with Gasteiger partial charge in [-0.2, -0.15) is 0 Å². The SMILES string of the molecule is O=C1[C@H]2CC(Cl)=CC[C@H]2C(=O)N1CCN1CCCCC1. The topological polar surface area (TPSA) is 40.6 Å². The number of carbonyl (C=O) groups is 2. The quantitative estimate of drug-likeness (QED) is 0.748. The summed E-state index contributed by atoms with van der Waals surface area (Å²) in [5, 5.41) is 0.727. The smallest absolute Gasteiger partial charge is 0.233 e. The first-order valence-corrected chi connectivity index (χ1v) is 7.96. The average Bonchev–Trinajstić information content (AvgIpc) is 2.70. The van der Waals surface area contributed by atoms with E-state index in [-0.39, 0.29) is 23.7 Å². The van der Waals surface area contributed by atoms with Gasteiger partial charge in [0.1, 0.15) is 0 Å². The van der Waals surface area contributed by atoms with Crippen LogP contribution in [-0.4, -0.2) is 47.8 Å². The second kappa shape index (κ2) is 5.86. The Hall–Kier alpha value is -0.870. The van der Waals surface area contributed by atoms with E-state index in [9.17, 15) is 9.59 Å². The van der Waals surface area contributed by atoms with Gasteiger partial charge in [0.15, 0.2) is 0 Å². The van der Waals surface area contributed by atoms with Crippen LogP contribution in [0.25, 0.3) is 0 Å². The minimum atomic E-state index is -0.207. The maximum atomic E-state index is 12.4. The molecule has 0 unspecified atom stereocenters. The van der Waals surface area contributed by atoms with Gasteiger partial charge in [0, 0.05) is 18.1 Å². The predicted molar refractivity (Wildman–Crippen MR) is 77.2 cm³/mol. The molecule has 1 aliphatic carbocycles. The van der Waals surface area contributed by atoms with E-state index in [4.69, 9.17) is 11.6 Å². The summed E-state index contributed by atoms with van der Waals surface area (Å²) in [5.41, 5.74) is 0. The van der Waals surface area contributed by atoms with Crippen molar-refractivity contribution in [2.45, 2.75) is 32.1 Å². The van der Waals surface area contributed by atoms with Crippen molar-refractivity contribution in [2.24, 2.45) is 11.8 Å². The fourth-order valence-corrected chi connectivity index (χ4v) is 3.80. The van der Waals surface area contributed by atoms with Crippen molar-refractivity contribution in [1.29, 1.82) is 0 Å². The number of fused-ring (bicyclic) bond motifs is 1. The fraction of sp³-hybridized carbons (Fsp3) is 0.733. The molecule has 3 aliphatic rings. The molecule has 2 atom stereocenters. The summed E-state index contributed by atoms with van der Waals surface area (Å²) < 4.78 is 0. The van der Waals surface area contributed by atoms with Crippen molar-refractivity contribution in [1.82, 2.24) is 9.80 Å². The second-order valence-electron chi connectivity index (χ2n) is 6.03. The Bertz CT molecular complexity index is 443. The predicted octanol–water partition coefficient (Wildman–Crippen LogP) is 1.99. The number of likely N-dealkylation sites (tertiary alicyclic amines) is 2. The van der Waals surface area contributed by atoms with Gasteiger partial charge in [-0.1, -0.05) is 24.1 Å². The third-order valence-electron chi connectivity index (χ3n) is 4.75. The first-order valence-electron chi connectivity index (χ1n) is 7.59. The molecule has 2 amide bonds. The van der Waals surface area contributed by atoms with Gasteiger partial charge >= 0.3 is 0 Å². The number of hydrogen-bond acceptors (Lipinski definition) is 3. The van der Waals surface area contributed by atoms with Crippen LogP contribution in [0.15, 0.2) is 11.1 Å². The van der Waals surface area contributed by atoms with Crippen LogP contribution in [0.2, 0.25) is 0 Å². The molecule has 2 aliphatic heterocycles. The van der Waals surface area contributed by atoms with Gasteiger partial charge in [0.05, 0.1) is 11.8 Å². The van der Waals surface area contributed by atoms with Crippen molar-refractivity contribution in [3.05, 3.63) is 11.1 Å². The van der Waals surface area contributed by atoms with Gasteiger partial charge < -0.3 is 4.90 Å². The van der Waals surface area contributed by atoms with Gasteiger partial charge in [0.25, 0.3) is 0 Å². The van der Waals surface area contributed by atoms with E-state index in [2.05, 4.69) is 4.90 Å². The minimum Gasteiger partial charge on any atom is -0.302 e. The largest absolute Gasteiger partial charge is 0.302 e. The molecule has 2 heterocycles. The Morgan fingerprint density at radius 3 is 2.50 bits per heavy atom. The number of imide groups is 1. The molecule has 0 aromatic heterocycles. The van der Waals surface area contributed by atoms with Crippen LogP contribution in [0.1, 0.15) is 32.1 Å². The fourth-order valence-electron chi connectivity index (χ4n) is 3.54. The molecular weight excluding hydrogens is 276 g/mol. The lowest BCUT2D eigenvalue weighted by molar-refractivity contribution is -0.140. The Morgan fingerprint density at radius 2 is 1.75 bits per heavy atom. The number of halogens is 1. The maximum absolute atomic E-state index is 12.4. The molecule has 110 valence electrons. The molecular formula is C15H21ClN2O2. The number of nitrogens with zero attached hydrogens (tertiary/aromatic N) is 2. The van der Waals surface area contributed by atoms with E-state index in [1.807, 2.05) is 6.08 Å². The van der Waals surface area contributed by atoms with Crippen LogP contribution in [-0.2, 0) is 9.59 Å². The number of amides is 2. The molecule has 0 radical (unpaired) electrons. The summed E-state index contributed by atoms with van der Waals surface area (Å²) >= 11 is 6.01. The molecule has 0 aromatic rings. The third-order valence-corrected chi connectivity index (χ3v) is 5.06. The summed E-state index contributed by atoms with van der Waals surface area (Å²) in [5.74, 6) is -0.367. The van der Waals surface area contributed by atoms with E-state index in [1.165, 1.54) is 24.2 Å². The van der Waals surface area contributed by atoms with E-state index >= 15 is 0 Å². The normalized spacial score (nSPS) is 31.4. The lowest BCUT2D eigenvalue weighted by Crippen LogP contribution is -2.40. The van der Waals surface area contributed by atoms with Gasteiger partial charge in [-0.05, 0) is 38.8 Å². The molecule has 3 rings (SSSR count). The number of rotatable bonds is 3. The number of piperidine rings is 1. The third kappa shape index (κ3) is 2.63. The zero-order valence-corrected chi connectivity index (χ0v) is 12.4. The Balaban J connectivity index is 1.60. The molecule has 0 aromatic carbocycles. The van der Waals surface area contributed by atoms with Crippen LogP contribution in [0.3, 0.4) is 0 Å². The van der Waals surface area contributed by atoms with Gasteiger partial charge in [-0.3, -0.25) is 14.5 Å². The highest BCUT2D eigenvalue weighted by Crippen LogP contribution is 2.38.